The number of carbonyl (C=O) groups is 11. The molecule has 55 heavy (non-hydrogen) atoms. The predicted octanol–water partition coefficient (Wildman–Crippen LogP) is -2.77. The third-order valence-electron chi connectivity index (χ3n) is 6.28. The summed E-state index contributed by atoms with van der Waals surface area (Å²) in [5.74, 6) is -11.8. The molecule has 0 aliphatic carbocycles. The molecule has 0 aliphatic rings. The molecule has 0 fully saturated rings. The van der Waals surface area contributed by atoms with Gasteiger partial charge in [0.15, 0.2) is 36.6 Å². The number of hydrogen-bond donors (Lipinski definition) is 3. The lowest BCUT2D eigenvalue weighted by Gasteiger charge is -2.34. The van der Waals surface area contributed by atoms with Gasteiger partial charge in [-0.2, -0.15) is 0 Å². The normalized spacial score (nSPS) is 14.9. The van der Waals surface area contributed by atoms with Crippen LogP contribution in [0.2, 0.25) is 0 Å². The summed E-state index contributed by atoms with van der Waals surface area (Å²) in [6, 6.07) is 0. The minimum absolute atomic E-state index is 0.540. The number of aliphatic hydroxyl groups is 1. The van der Waals surface area contributed by atoms with E-state index in [1.807, 2.05) is 0 Å². The second kappa shape index (κ2) is 24.4. The van der Waals surface area contributed by atoms with Gasteiger partial charge in [-0.3, -0.25) is 52.7 Å². The largest absolute Gasteiger partial charge is 0.462 e. The topological polar surface area (TPSA) is 315 Å². The van der Waals surface area contributed by atoms with Crippen molar-refractivity contribution in [3.63, 3.8) is 0 Å². The van der Waals surface area contributed by atoms with E-state index in [4.69, 9.17) is 42.6 Å². The van der Waals surface area contributed by atoms with Crippen LogP contribution in [0.3, 0.4) is 0 Å². The molecular formula is C32H46N2O21. The number of nitrogens with one attached hydrogen (secondary N) is 2. The van der Waals surface area contributed by atoms with Gasteiger partial charge in [0.2, 0.25) is 12.2 Å². The maximum absolute atomic E-state index is 13.5. The molecule has 0 aromatic rings. The Bertz CT molecular complexity index is 1430. The second-order valence-corrected chi connectivity index (χ2v) is 11.2. The molecule has 0 saturated heterocycles. The van der Waals surface area contributed by atoms with Gasteiger partial charge < -0.3 is 58.4 Å². The molecule has 0 aromatic carbocycles. The van der Waals surface area contributed by atoms with Crippen molar-refractivity contribution in [3.8, 4) is 0 Å². The van der Waals surface area contributed by atoms with E-state index in [1.54, 1.807) is 0 Å². The van der Waals surface area contributed by atoms with Gasteiger partial charge in [-0.15, -0.1) is 0 Å². The lowest BCUT2D eigenvalue weighted by Crippen LogP contribution is -2.58. The van der Waals surface area contributed by atoms with E-state index in [-0.39, 0.29) is 0 Å². The fourth-order valence-electron chi connectivity index (χ4n) is 4.58. The third kappa shape index (κ3) is 19.7. The predicted molar refractivity (Wildman–Crippen MR) is 174 cm³/mol. The fraction of sp³-hybridized carbons (Fsp3) is 0.656. The SMILES string of the molecule is CC(=O)OCC(OC(C)=O)C(OC(C)=O)C(OC(C)=O)C(OC(C)=O)C(=O)NCCNC(=O)C(OC(C)=O)C(OC(C)=O)C(OC(C)=O)C(CO)OC(C)=O. The summed E-state index contributed by atoms with van der Waals surface area (Å²) >= 11 is 0. The Morgan fingerprint density at radius 1 is 0.400 bits per heavy atom. The molecule has 0 rings (SSSR count). The Labute approximate surface area is 314 Å². The van der Waals surface area contributed by atoms with Gasteiger partial charge in [0.25, 0.3) is 11.8 Å². The molecule has 0 spiro atoms. The van der Waals surface area contributed by atoms with Crippen molar-refractivity contribution in [1.29, 1.82) is 0 Å². The zero-order valence-corrected chi connectivity index (χ0v) is 31.6. The summed E-state index contributed by atoms with van der Waals surface area (Å²) in [4.78, 5) is 134. The summed E-state index contributed by atoms with van der Waals surface area (Å²) in [5.41, 5.74) is 0. The van der Waals surface area contributed by atoms with Gasteiger partial charge >= 0.3 is 53.7 Å². The highest BCUT2D eigenvalue weighted by molar-refractivity contribution is 5.86. The number of amides is 2. The van der Waals surface area contributed by atoms with E-state index in [9.17, 15) is 57.8 Å². The van der Waals surface area contributed by atoms with Crippen molar-refractivity contribution in [3.05, 3.63) is 0 Å². The Balaban J connectivity index is 6.60. The quantitative estimate of drug-likeness (QED) is 0.0567. The molecule has 0 aromatic heterocycles. The fourth-order valence-corrected chi connectivity index (χ4v) is 4.58. The summed E-state index contributed by atoms with van der Waals surface area (Å²) < 4.78 is 45.8. The zero-order valence-electron chi connectivity index (χ0n) is 31.6. The van der Waals surface area contributed by atoms with Crippen LogP contribution in [0.15, 0.2) is 0 Å². The van der Waals surface area contributed by atoms with Crippen molar-refractivity contribution in [2.24, 2.45) is 0 Å². The van der Waals surface area contributed by atoms with Gasteiger partial charge in [0.1, 0.15) is 6.61 Å². The molecule has 0 heterocycles. The van der Waals surface area contributed by atoms with Gasteiger partial charge in [-0.1, -0.05) is 0 Å². The van der Waals surface area contributed by atoms with E-state index in [0.29, 0.717) is 0 Å². The molecule has 0 saturated carbocycles. The number of aliphatic hydroxyl groups excluding tert-OH is 1. The minimum Gasteiger partial charge on any atom is -0.462 e. The number of carbonyl (C=O) groups excluding carboxylic acids is 11. The van der Waals surface area contributed by atoms with E-state index in [1.165, 1.54) is 0 Å². The van der Waals surface area contributed by atoms with Crippen molar-refractivity contribution in [2.45, 2.75) is 111 Å². The van der Waals surface area contributed by atoms with Crippen LogP contribution in [0, 0.1) is 0 Å². The highest BCUT2D eigenvalue weighted by atomic mass is 16.7. The maximum atomic E-state index is 13.5. The second-order valence-electron chi connectivity index (χ2n) is 11.2. The summed E-state index contributed by atoms with van der Waals surface area (Å²) in [5, 5.41) is 14.4. The first kappa shape index (κ1) is 49.1. The number of hydrogen-bond acceptors (Lipinski definition) is 21. The Morgan fingerprint density at radius 3 is 0.982 bits per heavy atom. The standard InChI is InChI=1S/C32H46N2O21/c1-14(36)47-13-24(49-16(3)38)26(51-18(5)40)28(53-20(7)42)30(55-22(9)44)32(46)34-11-10-33-31(45)29(54-21(8)43)27(52-19(6)41)25(50-17(4)39)23(12-35)48-15(2)37/h23-30,35H,10-13H2,1-9H3,(H,33,45)(H,34,46). The first-order chi connectivity index (χ1) is 25.5. The monoisotopic (exact) mass is 794 g/mol. The van der Waals surface area contributed by atoms with Crippen LogP contribution in [-0.4, -0.2) is 146 Å². The van der Waals surface area contributed by atoms with Crippen LogP contribution in [0.4, 0.5) is 0 Å². The van der Waals surface area contributed by atoms with Gasteiger partial charge in [-0.05, 0) is 0 Å². The number of ether oxygens (including phenoxy) is 9. The van der Waals surface area contributed by atoms with Crippen molar-refractivity contribution >= 4 is 65.5 Å². The average Bonchev–Trinajstić information content (AvgIpc) is 3.03. The molecule has 8 unspecified atom stereocenters. The summed E-state index contributed by atoms with van der Waals surface area (Å²) in [7, 11) is 0. The van der Waals surface area contributed by atoms with Gasteiger partial charge in [0, 0.05) is 75.4 Å². The summed E-state index contributed by atoms with van der Waals surface area (Å²) in [6.07, 6.45) is -15.6. The van der Waals surface area contributed by atoms with Crippen LogP contribution in [0.5, 0.6) is 0 Å². The smallest absolute Gasteiger partial charge is 0.303 e. The van der Waals surface area contributed by atoms with E-state index < -0.39 is 141 Å². The molecule has 310 valence electrons. The molecule has 23 heteroatoms. The molecular weight excluding hydrogens is 748 g/mol. The molecule has 0 aliphatic heterocycles. The molecule has 2 amide bonds. The Hall–Kier alpha value is -5.87. The highest BCUT2D eigenvalue weighted by Crippen LogP contribution is 2.22. The van der Waals surface area contributed by atoms with Crippen molar-refractivity contribution in [1.82, 2.24) is 10.6 Å². The number of esters is 9. The van der Waals surface area contributed by atoms with Crippen LogP contribution < -0.4 is 10.6 Å². The van der Waals surface area contributed by atoms with Crippen molar-refractivity contribution < 1.29 is 100 Å². The minimum atomic E-state index is -2.15. The van der Waals surface area contributed by atoms with Crippen LogP contribution in [0.1, 0.15) is 62.3 Å². The highest BCUT2D eigenvalue weighted by Gasteiger charge is 2.48. The molecule has 23 nitrogen and oxygen atoms in total. The Kier molecular flexibility index (Phi) is 21.8. The van der Waals surface area contributed by atoms with E-state index in [2.05, 4.69) is 10.6 Å². The molecule has 3 N–H and O–H groups in total. The Morgan fingerprint density at radius 2 is 0.691 bits per heavy atom. The van der Waals surface area contributed by atoms with E-state index in [0.717, 1.165) is 62.3 Å². The van der Waals surface area contributed by atoms with Crippen LogP contribution in [-0.2, 0) is 95.4 Å². The average molecular weight is 795 g/mol. The van der Waals surface area contributed by atoms with Crippen LogP contribution in [0.25, 0.3) is 0 Å². The first-order valence-corrected chi connectivity index (χ1v) is 16.2. The van der Waals surface area contributed by atoms with Gasteiger partial charge in [0.05, 0.1) is 6.61 Å². The third-order valence-corrected chi connectivity index (χ3v) is 6.28. The molecule has 0 radical (unpaired) electrons. The molecule has 0 bridgehead atoms. The van der Waals surface area contributed by atoms with Crippen molar-refractivity contribution in [2.75, 3.05) is 26.3 Å². The summed E-state index contributed by atoms with van der Waals surface area (Å²) in [6.45, 7) is 5.33. The molecule has 8 atom stereocenters. The van der Waals surface area contributed by atoms with Crippen LogP contribution >= 0.6 is 0 Å². The lowest BCUT2D eigenvalue weighted by molar-refractivity contribution is -0.203. The van der Waals surface area contributed by atoms with Gasteiger partial charge in [-0.25, -0.2) is 0 Å². The maximum Gasteiger partial charge on any atom is 0.303 e. The van der Waals surface area contributed by atoms with E-state index >= 15 is 0 Å². The number of rotatable bonds is 22. The lowest BCUT2D eigenvalue weighted by atomic mass is 10.0. The zero-order chi connectivity index (χ0) is 42.6. The first-order valence-electron chi connectivity index (χ1n) is 16.2.